The summed E-state index contributed by atoms with van der Waals surface area (Å²) in [5.41, 5.74) is 0.994. The summed E-state index contributed by atoms with van der Waals surface area (Å²) in [4.78, 5) is 15.1. The van der Waals surface area contributed by atoms with Gasteiger partial charge in [0.25, 0.3) is 0 Å². The largest absolute Gasteiger partial charge is 0.389 e. The van der Waals surface area contributed by atoms with Gasteiger partial charge in [-0.3, -0.25) is 4.79 Å². The highest BCUT2D eigenvalue weighted by Crippen LogP contribution is 2.65. The normalized spacial score (nSPS) is 39.7. The van der Waals surface area contributed by atoms with Gasteiger partial charge in [-0.2, -0.15) is 0 Å². The third kappa shape index (κ3) is 2.24. The zero-order chi connectivity index (χ0) is 18.1. The van der Waals surface area contributed by atoms with Gasteiger partial charge in [0, 0.05) is 24.4 Å². The number of amides is 1. The molecule has 3 nitrogen and oxygen atoms in total. The van der Waals surface area contributed by atoms with E-state index in [9.17, 15) is 14.3 Å². The fourth-order valence-corrected chi connectivity index (χ4v) is 7.24. The highest BCUT2D eigenvalue weighted by atomic mass is 19.1. The van der Waals surface area contributed by atoms with Gasteiger partial charge in [0.05, 0.1) is 6.10 Å². The average molecular weight is 357 g/mol. The maximum absolute atomic E-state index is 13.6. The second-order valence-corrected chi connectivity index (χ2v) is 9.36. The summed E-state index contributed by atoms with van der Waals surface area (Å²) >= 11 is 0. The number of likely N-dealkylation sites (tertiary alicyclic amines) is 1. The van der Waals surface area contributed by atoms with Crippen LogP contribution in [0.5, 0.6) is 0 Å². The van der Waals surface area contributed by atoms with Gasteiger partial charge < -0.3 is 10.0 Å². The van der Waals surface area contributed by atoms with Gasteiger partial charge in [0.1, 0.15) is 5.82 Å². The van der Waals surface area contributed by atoms with Crippen molar-refractivity contribution in [3.8, 4) is 0 Å². The molecule has 4 heteroatoms. The third-order valence-electron chi connectivity index (χ3n) is 8.09. The lowest BCUT2D eigenvalue weighted by molar-refractivity contribution is -0.157. The zero-order valence-corrected chi connectivity index (χ0v) is 15.4. The molecule has 1 aromatic carbocycles. The molecule has 140 valence electrons. The molecule has 1 heterocycles. The number of carbonyl (C=O) groups is 1. The standard InChI is InChI=1S/C22H28FNO2/c1-13(21(26)24-11-20(25)12-24)22(16-2-4-19(23)5-3-16)17-7-14-6-15(9-17)10-18(22)8-14/h2-5,13-15,17-18,20,25H,6-12H2,1H3. The predicted octanol–water partition coefficient (Wildman–Crippen LogP) is 3.36. The Balaban J connectivity index is 1.57. The summed E-state index contributed by atoms with van der Waals surface area (Å²) in [6, 6.07) is 7.00. The predicted molar refractivity (Wildman–Crippen MR) is 96.9 cm³/mol. The molecule has 1 unspecified atom stereocenters. The Labute approximate surface area is 154 Å². The molecule has 5 aliphatic rings. The second-order valence-electron chi connectivity index (χ2n) is 9.36. The molecule has 1 atom stereocenters. The van der Waals surface area contributed by atoms with Crippen molar-refractivity contribution < 1.29 is 14.3 Å². The monoisotopic (exact) mass is 357 g/mol. The summed E-state index contributed by atoms with van der Waals surface area (Å²) in [6.07, 6.45) is 5.85. The number of β-amino-alcohol motifs (C(OH)–C–C–N with tert-alkyl or cyclic N) is 1. The summed E-state index contributed by atoms with van der Waals surface area (Å²) in [5.74, 6) is 2.53. The fourth-order valence-electron chi connectivity index (χ4n) is 7.24. The van der Waals surface area contributed by atoms with Gasteiger partial charge in [-0.1, -0.05) is 19.1 Å². The summed E-state index contributed by atoms with van der Waals surface area (Å²) in [5, 5.41) is 9.64. The zero-order valence-electron chi connectivity index (χ0n) is 15.4. The smallest absolute Gasteiger partial charge is 0.226 e. The van der Waals surface area contributed by atoms with Crippen LogP contribution < -0.4 is 0 Å². The molecule has 26 heavy (non-hydrogen) atoms. The van der Waals surface area contributed by atoms with Gasteiger partial charge >= 0.3 is 0 Å². The van der Waals surface area contributed by atoms with Crippen molar-refractivity contribution in [3.63, 3.8) is 0 Å². The molecule has 0 aromatic heterocycles. The van der Waals surface area contributed by atoms with E-state index in [1.807, 2.05) is 17.0 Å². The number of benzene rings is 1. The molecule has 4 aliphatic carbocycles. The van der Waals surface area contributed by atoms with E-state index in [4.69, 9.17) is 0 Å². The molecule has 0 spiro atoms. The molecule has 6 rings (SSSR count). The van der Waals surface area contributed by atoms with Crippen LogP contribution in [0.1, 0.15) is 44.6 Å². The first-order valence-electron chi connectivity index (χ1n) is 10.2. The Kier molecular flexibility index (Phi) is 3.72. The number of hydrogen-bond donors (Lipinski definition) is 1. The van der Waals surface area contributed by atoms with Gasteiger partial charge in [0.2, 0.25) is 5.91 Å². The number of halogens is 1. The SMILES string of the molecule is CC(C(=O)N1CC(O)C1)C1(c2ccc(F)cc2)C2CC3CC(C2)CC1C3. The maximum atomic E-state index is 13.6. The molecule has 1 aliphatic heterocycles. The topological polar surface area (TPSA) is 40.5 Å². The Morgan fingerprint density at radius 1 is 1.08 bits per heavy atom. The van der Waals surface area contributed by atoms with E-state index in [1.54, 1.807) is 12.1 Å². The molecule has 4 bridgehead atoms. The molecular formula is C22H28FNO2. The van der Waals surface area contributed by atoms with Crippen LogP contribution in [0.25, 0.3) is 0 Å². The summed E-state index contributed by atoms with van der Waals surface area (Å²) in [7, 11) is 0. The number of carbonyl (C=O) groups excluding carboxylic acids is 1. The number of rotatable bonds is 3. The van der Waals surface area contributed by atoms with Crippen LogP contribution in [-0.4, -0.2) is 35.1 Å². The third-order valence-corrected chi connectivity index (χ3v) is 8.09. The minimum absolute atomic E-state index is 0.115. The lowest BCUT2D eigenvalue weighted by Crippen LogP contribution is -2.63. The van der Waals surface area contributed by atoms with Crippen LogP contribution in [0.15, 0.2) is 24.3 Å². The lowest BCUT2D eigenvalue weighted by atomic mass is 9.41. The maximum Gasteiger partial charge on any atom is 0.226 e. The van der Waals surface area contributed by atoms with E-state index in [-0.39, 0.29) is 29.2 Å². The number of aliphatic hydroxyl groups is 1. The van der Waals surface area contributed by atoms with Gasteiger partial charge in [-0.15, -0.1) is 0 Å². The highest BCUT2D eigenvalue weighted by molar-refractivity contribution is 5.81. The van der Waals surface area contributed by atoms with Crippen molar-refractivity contribution >= 4 is 5.91 Å². The first-order valence-corrected chi connectivity index (χ1v) is 10.2. The van der Waals surface area contributed by atoms with Gasteiger partial charge in [0.15, 0.2) is 0 Å². The van der Waals surface area contributed by atoms with Gasteiger partial charge in [-0.25, -0.2) is 4.39 Å². The minimum atomic E-state index is -0.369. The first kappa shape index (κ1) is 16.7. The minimum Gasteiger partial charge on any atom is -0.389 e. The quantitative estimate of drug-likeness (QED) is 0.901. The van der Waals surface area contributed by atoms with Crippen LogP contribution in [0, 0.1) is 35.4 Å². The molecule has 1 N–H and O–H groups in total. The summed E-state index contributed by atoms with van der Waals surface area (Å²) < 4.78 is 13.6. The highest BCUT2D eigenvalue weighted by Gasteiger charge is 2.61. The Bertz CT molecular complexity index is 681. The van der Waals surface area contributed by atoms with Crippen LogP contribution >= 0.6 is 0 Å². The first-order chi connectivity index (χ1) is 12.5. The second kappa shape index (κ2) is 5.79. The number of aliphatic hydroxyl groups excluding tert-OH is 1. The van der Waals surface area contributed by atoms with E-state index < -0.39 is 0 Å². The van der Waals surface area contributed by atoms with Gasteiger partial charge in [-0.05, 0) is 73.5 Å². The van der Waals surface area contributed by atoms with Crippen molar-refractivity contribution in [1.82, 2.24) is 4.90 Å². The molecule has 0 radical (unpaired) electrons. The molecule has 1 aromatic rings. The average Bonchev–Trinajstić information content (AvgIpc) is 2.59. The van der Waals surface area contributed by atoms with Crippen molar-refractivity contribution in [1.29, 1.82) is 0 Å². The molecule has 5 fully saturated rings. The van der Waals surface area contributed by atoms with Crippen molar-refractivity contribution in [2.75, 3.05) is 13.1 Å². The van der Waals surface area contributed by atoms with Crippen molar-refractivity contribution in [2.45, 2.75) is 50.5 Å². The van der Waals surface area contributed by atoms with Crippen LogP contribution in [0.2, 0.25) is 0 Å². The van der Waals surface area contributed by atoms with E-state index in [0.717, 1.165) is 17.4 Å². The van der Waals surface area contributed by atoms with E-state index in [1.165, 1.54) is 32.1 Å². The van der Waals surface area contributed by atoms with E-state index >= 15 is 0 Å². The molecule has 1 amide bonds. The Hall–Kier alpha value is -1.42. The Morgan fingerprint density at radius 3 is 2.12 bits per heavy atom. The van der Waals surface area contributed by atoms with Crippen LogP contribution in [0.3, 0.4) is 0 Å². The fraction of sp³-hybridized carbons (Fsp3) is 0.682. The van der Waals surface area contributed by atoms with Crippen LogP contribution in [-0.2, 0) is 10.2 Å². The summed E-state index contributed by atoms with van der Waals surface area (Å²) in [6.45, 7) is 3.02. The van der Waals surface area contributed by atoms with E-state index in [0.29, 0.717) is 24.9 Å². The number of hydrogen-bond acceptors (Lipinski definition) is 2. The van der Waals surface area contributed by atoms with Crippen molar-refractivity contribution in [2.24, 2.45) is 29.6 Å². The number of nitrogens with zero attached hydrogens (tertiary/aromatic N) is 1. The molecular weight excluding hydrogens is 329 g/mol. The van der Waals surface area contributed by atoms with E-state index in [2.05, 4.69) is 6.92 Å². The molecule has 1 saturated heterocycles. The molecule has 4 saturated carbocycles. The van der Waals surface area contributed by atoms with Crippen molar-refractivity contribution in [3.05, 3.63) is 35.6 Å². The lowest BCUT2D eigenvalue weighted by Gasteiger charge is -2.64. The Morgan fingerprint density at radius 2 is 1.62 bits per heavy atom. The van der Waals surface area contributed by atoms with Crippen LogP contribution in [0.4, 0.5) is 4.39 Å².